The normalized spacial score (nSPS) is 10.3. The minimum atomic E-state index is -0.0422. The average Bonchev–Trinajstić information content (AvgIpc) is 2.39. The van der Waals surface area contributed by atoms with Crippen LogP contribution in [0.5, 0.6) is 0 Å². The number of hydrogen-bond acceptors (Lipinski definition) is 3. The van der Waals surface area contributed by atoms with Crippen molar-refractivity contribution in [2.45, 2.75) is 20.4 Å². The van der Waals surface area contributed by atoms with E-state index in [1.165, 1.54) is 6.33 Å². The molecular formula is C15H17N3O. The largest absolute Gasteiger partial charge is 0.337 e. The summed E-state index contributed by atoms with van der Waals surface area (Å²) in [6.45, 7) is 4.24. The Hall–Kier alpha value is -2.23. The smallest absolute Gasteiger partial charge is 0.257 e. The van der Waals surface area contributed by atoms with Gasteiger partial charge in [0.2, 0.25) is 0 Å². The van der Waals surface area contributed by atoms with Gasteiger partial charge in [0, 0.05) is 13.6 Å². The molecule has 1 aromatic heterocycles. The van der Waals surface area contributed by atoms with Gasteiger partial charge in [0.05, 0.1) is 17.0 Å². The maximum absolute atomic E-state index is 12.4. The van der Waals surface area contributed by atoms with Crippen molar-refractivity contribution in [1.29, 1.82) is 0 Å². The number of aryl methyl sites for hydroxylation is 2. The fourth-order valence-corrected chi connectivity index (χ4v) is 2.02. The summed E-state index contributed by atoms with van der Waals surface area (Å²) in [4.78, 5) is 22.3. The first-order chi connectivity index (χ1) is 9.09. The summed E-state index contributed by atoms with van der Waals surface area (Å²) in [6, 6.07) is 9.91. The lowest BCUT2D eigenvalue weighted by Crippen LogP contribution is -2.28. The van der Waals surface area contributed by atoms with E-state index < -0.39 is 0 Å². The van der Waals surface area contributed by atoms with E-state index in [4.69, 9.17) is 0 Å². The molecule has 0 N–H and O–H groups in total. The van der Waals surface area contributed by atoms with Crippen molar-refractivity contribution in [3.8, 4) is 0 Å². The molecule has 98 valence electrons. The van der Waals surface area contributed by atoms with Crippen molar-refractivity contribution < 1.29 is 4.79 Å². The number of carbonyl (C=O) groups excluding carboxylic acids is 1. The molecule has 0 aliphatic rings. The van der Waals surface area contributed by atoms with Crippen LogP contribution in [0.1, 0.15) is 27.3 Å². The van der Waals surface area contributed by atoms with Crippen LogP contribution < -0.4 is 0 Å². The molecule has 2 aromatic rings. The number of nitrogens with zero attached hydrogens (tertiary/aromatic N) is 3. The van der Waals surface area contributed by atoms with Crippen LogP contribution in [0.25, 0.3) is 0 Å². The van der Waals surface area contributed by atoms with Gasteiger partial charge in [-0.15, -0.1) is 0 Å². The SMILES string of the molecule is Cc1ncnc(C)c1C(=O)N(C)Cc1ccccc1. The third-order valence-electron chi connectivity index (χ3n) is 3.05. The van der Waals surface area contributed by atoms with E-state index in [0.717, 1.165) is 17.0 Å². The second kappa shape index (κ2) is 5.61. The highest BCUT2D eigenvalue weighted by molar-refractivity contribution is 5.96. The second-order valence-corrected chi connectivity index (χ2v) is 4.57. The fraction of sp³-hybridized carbons (Fsp3) is 0.267. The number of rotatable bonds is 3. The van der Waals surface area contributed by atoms with Gasteiger partial charge in [-0.25, -0.2) is 9.97 Å². The first-order valence-corrected chi connectivity index (χ1v) is 6.17. The Balaban J connectivity index is 2.20. The Labute approximate surface area is 113 Å². The lowest BCUT2D eigenvalue weighted by atomic mass is 10.1. The van der Waals surface area contributed by atoms with Crippen LogP contribution in [0.2, 0.25) is 0 Å². The topological polar surface area (TPSA) is 46.1 Å². The van der Waals surface area contributed by atoms with E-state index in [-0.39, 0.29) is 5.91 Å². The molecule has 4 nitrogen and oxygen atoms in total. The molecule has 0 atom stereocenters. The van der Waals surface area contributed by atoms with Gasteiger partial charge in [-0.2, -0.15) is 0 Å². The van der Waals surface area contributed by atoms with E-state index in [1.54, 1.807) is 11.9 Å². The quantitative estimate of drug-likeness (QED) is 0.845. The lowest BCUT2D eigenvalue weighted by Gasteiger charge is -2.19. The van der Waals surface area contributed by atoms with E-state index in [0.29, 0.717) is 12.1 Å². The zero-order valence-corrected chi connectivity index (χ0v) is 11.4. The molecule has 0 spiro atoms. The van der Waals surface area contributed by atoms with E-state index in [9.17, 15) is 4.79 Å². The molecule has 0 saturated heterocycles. The molecule has 0 radical (unpaired) electrons. The van der Waals surface area contributed by atoms with Crippen molar-refractivity contribution in [3.63, 3.8) is 0 Å². The van der Waals surface area contributed by atoms with Crippen LogP contribution in [0.3, 0.4) is 0 Å². The highest BCUT2D eigenvalue weighted by Crippen LogP contribution is 2.13. The Morgan fingerprint density at radius 2 is 1.68 bits per heavy atom. The average molecular weight is 255 g/mol. The highest BCUT2D eigenvalue weighted by atomic mass is 16.2. The van der Waals surface area contributed by atoms with Crippen LogP contribution >= 0.6 is 0 Å². The monoisotopic (exact) mass is 255 g/mol. The molecule has 1 amide bonds. The predicted octanol–water partition coefficient (Wildman–Crippen LogP) is 2.37. The summed E-state index contributed by atoms with van der Waals surface area (Å²) in [6.07, 6.45) is 1.48. The zero-order chi connectivity index (χ0) is 13.8. The number of amides is 1. The molecule has 1 aromatic carbocycles. The minimum Gasteiger partial charge on any atom is -0.337 e. The second-order valence-electron chi connectivity index (χ2n) is 4.57. The summed E-state index contributed by atoms with van der Waals surface area (Å²) in [5, 5.41) is 0. The molecule has 1 heterocycles. The maximum Gasteiger partial charge on any atom is 0.257 e. The van der Waals surface area contributed by atoms with Gasteiger partial charge in [-0.3, -0.25) is 4.79 Å². The van der Waals surface area contributed by atoms with E-state index >= 15 is 0 Å². The van der Waals surface area contributed by atoms with E-state index in [2.05, 4.69) is 9.97 Å². The Morgan fingerprint density at radius 3 is 2.26 bits per heavy atom. The molecule has 0 aliphatic carbocycles. The van der Waals surface area contributed by atoms with Gasteiger partial charge in [-0.05, 0) is 19.4 Å². The summed E-state index contributed by atoms with van der Waals surface area (Å²) in [7, 11) is 1.79. The van der Waals surface area contributed by atoms with Crippen LogP contribution in [-0.2, 0) is 6.54 Å². The Morgan fingerprint density at radius 1 is 1.11 bits per heavy atom. The number of benzene rings is 1. The highest BCUT2D eigenvalue weighted by Gasteiger charge is 2.18. The fourth-order valence-electron chi connectivity index (χ4n) is 2.02. The van der Waals surface area contributed by atoms with E-state index in [1.807, 2.05) is 44.2 Å². The minimum absolute atomic E-state index is 0.0422. The summed E-state index contributed by atoms with van der Waals surface area (Å²) >= 11 is 0. The van der Waals surface area contributed by atoms with Crippen LogP contribution in [0.4, 0.5) is 0 Å². The summed E-state index contributed by atoms with van der Waals surface area (Å²) in [5.41, 5.74) is 3.14. The van der Waals surface area contributed by atoms with Gasteiger partial charge in [0.1, 0.15) is 6.33 Å². The van der Waals surface area contributed by atoms with Crippen LogP contribution in [-0.4, -0.2) is 27.8 Å². The number of aromatic nitrogens is 2. The molecule has 0 fully saturated rings. The first-order valence-electron chi connectivity index (χ1n) is 6.17. The molecule has 0 unspecified atom stereocenters. The molecule has 4 heteroatoms. The van der Waals surface area contributed by atoms with Gasteiger partial charge in [-0.1, -0.05) is 30.3 Å². The zero-order valence-electron chi connectivity index (χ0n) is 11.4. The van der Waals surface area contributed by atoms with Gasteiger partial charge in [0.15, 0.2) is 0 Å². The van der Waals surface area contributed by atoms with Gasteiger partial charge >= 0.3 is 0 Å². The predicted molar refractivity (Wildman–Crippen MR) is 73.7 cm³/mol. The van der Waals surface area contributed by atoms with Crippen LogP contribution in [0.15, 0.2) is 36.7 Å². The van der Waals surface area contributed by atoms with Crippen molar-refractivity contribution in [2.24, 2.45) is 0 Å². The standard InChI is InChI=1S/C15H17N3O/c1-11-14(12(2)17-10-16-11)15(19)18(3)9-13-7-5-4-6-8-13/h4-8,10H,9H2,1-3H3. The first kappa shape index (κ1) is 13.2. The summed E-state index contributed by atoms with van der Waals surface area (Å²) < 4.78 is 0. The number of hydrogen-bond donors (Lipinski definition) is 0. The molecule has 0 aliphatic heterocycles. The van der Waals surface area contributed by atoms with Crippen molar-refractivity contribution in [1.82, 2.24) is 14.9 Å². The molecule has 2 rings (SSSR count). The number of carbonyl (C=O) groups is 1. The van der Waals surface area contributed by atoms with Crippen molar-refractivity contribution >= 4 is 5.91 Å². The van der Waals surface area contributed by atoms with Crippen LogP contribution in [0, 0.1) is 13.8 Å². The van der Waals surface area contributed by atoms with Gasteiger partial charge in [0.25, 0.3) is 5.91 Å². The summed E-state index contributed by atoms with van der Waals surface area (Å²) in [5.74, 6) is -0.0422. The van der Waals surface area contributed by atoms with Gasteiger partial charge < -0.3 is 4.90 Å². The molecule has 0 bridgehead atoms. The van der Waals surface area contributed by atoms with Crippen molar-refractivity contribution in [3.05, 3.63) is 59.2 Å². The maximum atomic E-state index is 12.4. The molecule has 0 saturated carbocycles. The Bertz CT molecular complexity index is 561. The van der Waals surface area contributed by atoms with Crippen molar-refractivity contribution in [2.75, 3.05) is 7.05 Å². The third-order valence-corrected chi connectivity index (χ3v) is 3.05. The lowest BCUT2D eigenvalue weighted by molar-refractivity contribution is 0.0782. The third kappa shape index (κ3) is 2.96. The molecular weight excluding hydrogens is 238 g/mol. The Kier molecular flexibility index (Phi) is 3.90. The molecule has 19 heavy (non-hydrogen) atoms.